The molecular formula is C46H30N4O. The van der Waals surface area contributed by atoms with Crippen molar-refractivity contribution in [2.45, 2.75) is 12.6 Å². The lowest BCUT2D eigenvalue weighted by Crippen LogP contribution is -2.21. The number of rotatable bonds is 4. The van der Waals surface area contributed by atoms with Gasteiger partial charge < -0.3 is 13.6 Å². The molecule has 51 heavy (non-hydrogen) atoms. The maximum Gasteiger partial charge on any atom is 0.156 e. The van der Waals surface area contributed by atoms with E-state index in [1.54, 1.807) is 0 Å². The molecule has 10 aromatic rings. The first-order chi connectivity index (χ1) is 25.3. The minimum atomic E-state index is -0.275. The highest BCUT2D eigenvalue weighted by molar-refractivity contribution is 6.39. The van der Waals surface area contributed by atoms with Gasteiger partial charge in [-0.05, 0) is 35.9 Å². The summed E-state index contributed by atoms with van der Waals surface area (Å²) in [6.07, 6.45) is 0.363. The predicted octanol–water partition coefficient (Wildman–Crippen LogP) is 11.6. The third-order valence-electron chi connectivity index (χ3n) is 10.4. The van der Waals surface area contributed by atoms with E-state index in [1.165, 1.54) is 10.8 Å². The van der Waals surface area contributed by atoms with Crippen LogP contribution in [0.5, 0.6) is 0 Å². The molecule has 0 saturated heterocycles. The summed E-state index contributed by atoms with van der Waals surface area (Å²) in [6, 6.07) is 57.6. The molecule has 1 atom stereocenters. The molecule has 0 radical (unpaired) electrons. The molecule has 0 fully saturated rings. The Bertz CT molecular complexity index is 3040. The quantitative estimate of drug-likeness (QED) is 0.186. The Balaban J connectivity index is 1.36. The molecule has 4 heterocycles. The van der Waals surface area contributed by atoms with Crippen LogP contribution in [0.2, 0.25) is 0 Å². The van der Waals surface area contributed by atoms with Crippen LogP contribution < -0.4 is 0 Å². The largest absolute Gasteiger partial charge is 0.455 e. The van der Waals surface area contributed by atoms with Crippen LogP contribution in [0.3, 0.4) is 0 Å². The summed E-state index contributed by atoms with van der Waals surface area (Å²) in [7, 11) is 0. The molecule has 5 heteroatoms. The number of hydrogen-bond acceptors (Lipinski definition) is 3. The second-order valence-corrected chi connectivity index (χ2v) is 13.3. The van der Waals surface area contributed by atoms with Gasteiger partial charge in [0.2, 0.25) is 0 Å². The topological polar surface area (TPSA) is 47.7 Å². The third-order valence-corrected chi connectivity index (χ3v) is 10.4. The third kappa shape index (κ3) is 4.09. The van der Waals surface area contributed by atoms with Crippen LogP contribution in [0, 0.1) is 0 Å². The maximum atomic E-state index is 6.95. The van der Waals surface area contributed by atoms with Gasteiger partial charge in [-0.2, -0.15) is 0 Å². The van der Waals surface area contributed by atoms with Crippen LogP contribution in [0.15, 0.2) is 178 Å². The summed E-state index contributed by atoms with van der Waals surface area (Å²) >= 11 is 0. The van der Waals surface area contributed by atoms with E-state index in [1.807, 2.05) is 6.07 Å². The molecule has 0 bridgehead atoms. The molecule has 11 rings (SSSR count). The first kappa shape index (κ1) is 28.2. The van der Waals surface area contributed by atoms with Gasteiger partial charge in [0.05, 0.1) is 33.2 Å². The molecule has 5 nitrogen and oxygen atoms in total. The highest BCUT2D eigenvalue weighted by Gasteiger charge is 2.31. The fraction of sp³-hybridized carbons (Fsp3) is 0.0435. The van der Waals surface area contributed by atoms with Crippen molar-refractivity contribution in [3.8, 4) is 5.69 Å². The van der Waals surface area contributed by atoms with Gasteiger partial charge in [0, 0.05) is 44.6 Å². The smallest absolute Gasteiger partial charge is 0.156 e. The van der Waals surface area contributed by atoms with Crippen LogP contribution >= 0.6 is 0 Å². The van der Waals surface area contributed by atoms with Gasteiger partial charge in [-0.15, -0.1) is 0 Å². The average Bonchev–Trinajstić information content (AvgIpc) is 3.87. The van der Waals surface area contributed by atoms with E-state index in [2.05, 4.69) is 167 Å². The number of aliphatic imine (C=N–C) groups is 2. The van der Waals surface area contributed by atoms with E-state index >= 15 is 0 Å². The first-order valence-electron chi connectivity index (χ1n) is 17.4. The van der Waals surface area contributed by atoms with Gasteiger partial charge in [0.25, 0.3) is 0 Å². The summed E-state index contributed by atoms with van der Waals surface area (Å²) in [5.74, 6) is 0.737. The summed E-state index contributed by atoms with van der Waals surface area (Å²) in [5.41, 5.74) is 10.5. The van der Waals surface area contributed by atoms with E-state index in [0.717, 1.165) is 83.1 Å². The van der Waals surface area contributed by atoms with E-state index < -0.39 is 0 Å². The molecule has 0 spiro atoms. The standard InChI is InChI=1S/C46H30N4O/c1-4-16-29(17-5-1)35-28-39(48-46(47-35)30-18-6-2-7-19-30)50-37-26-14-11-23-33(37)42-44(50)43-40(41-34-24-12-15-27-38(34)51-45(41)42)32-22-10-13-25-36(32)49(43)31-20-8-3-9-21-31/h1-27,39H,28H2. The molecular weight excluding hydrogens is 625 g/mol. The van der Waals surface area contributed by atoms with Gasteiger partial charge in [-0.1, -0.05) is 133 Å². The van der Waals surface area contributed by atoms with Gasteiger partial charge in [0.1, 0.15) is 17.3 Å². The molecule has 1 unspecified atom stereocenters. The average molecular weight is 655 g/mol. The van der Waals surface area contributed by atoms with Crippen LogP contribution in [0.4, 0.5) is 0 Å². The number of hydrogen-bond donors (Lipinski definition) is 0. The van der Waals surface area contributed by atoms with E-state index in [9.17, 15) is 0 Å². The van der Waals surface area contributed by atoms with Crippen LogP contribution in [0.25, 0.3) is 71.2 Å². The number of fused-ring (bicyclic) bond motifs is 12. The fourth-order valence-electron chi connectivity index (χ4n) is 8.32. The fourth-order valence-corrected chi connectivity index (χ4v) is 8.32. The highest BCUT2D eigenvalue weighted by atomic mass is 16.3. The van der Waals surface area contributed by atoms with Crippen LogP contribution in [0.1, 0.15) is 23.7 Å². The molecule has 0 N–H and O–H groups in total. The lowest BCUT2D eigenvalue weighted by molar-refractivity contribution is 0.573. The number of nitrogens with zero attached hydrogens (tertiary/aromatic N) is 4. The monoisotopic (exact) mass is 654 g/mol. The normalized spacial score (nSPS) is 15.0. The molecule has 0 amide bonds. The number of furan rings is 1. The van der Waals surface area contributed by atoms with Gasteiger partial charge in [-0.25, -0.2) is 9.98 Å². The Labute approximate surface area is 293 Å². The van der Waals surface area contributed by atoms with Crippen molar-refractivity contribution in [2.75, 3.05) is 0 Å². The Morgan fingerprint density at radius 1 is 0.510 bits per heavy atom. The van der Waals surface area contributed by atoms with Crippen molar-refractivity contribution < 1.29 is 4.42 Å². The van der Waals surface area contributed by atoms with Gasteiger partial charge >= 0.3 is 0 Å². The second kappa shape index (κ2) is 10.9. The Kier molecular flexibility index (Phi) is 6.01. The number of amidine groups is 1. The van der Waals surface area contributed by atoms with Crippen LogP contribution in [-0.4, -0.2) is 20.7 Å². The molecule has 240 valence electrons. The lowest BCUT2D eigenvalue weighted by atomic mass is 10.0. The second-order valence-electron chi connectivity index (χ2n) is 13.3. The van der Waals surface area contributed by atoms with E-state index in [0.29, 0.717) is 6.42 Å². The van der Waals surface area contributed by atoms with Crippen molar-refractivity contribution in [3.63, 3.8) is 0 Å². The lowest BCUT2D eigenvalue weighted by Gasteiger charge is -2.24. The molecule has 1 aliphatic rings. The summed E-state index contributed by atoms with van der Waals surface area (Å²) in [4.78, 5) is 10.7. The number of para-hydroxylation sites is 4. The number of benzene rings is 7. The van der Waals surface area contributed by atoms with Gasteiger partial charge in [0.15, 0.2) is 5.84 Å². The molecule has 1 aliphatic heterocycles. The van der Waals surface area contributed by atoms with Crippen molar-refractivity contribution in [3.05, 3.63) is 175 Å². The zero-order valence-electron chi connectivity index (χ0n) is 27.6. The molecule has 0 saturated carbocycles. The Morgan fingerprint density at radius 3 is 1.84 bits per heavy atom. The molecule has 3 aromatic heterocycles. The van der Waals surface area contributed by atoms with Crippen molar-refractivity contribution in [2.24, 2.45) is 9.98 Å². The SMILES string of the molecule is c1ccc(C2=NC(c3ccccc3)=NC(n3c4ccccc4c4c5oc6ccccc6c5c5c6ccccc6n(-c6ccccc6)c5c43)C2)cc1. The summed E-state index contributed by atoms with van der Waals surface area (Å²) in [5, 5.41) is 6.88. The Morgan fingerprint density at radius 2 is 1.10 bits per heavy atom. The zero-order chi connectivity index (χ0) is 33.5. The maximum absolute atomic E-state index is 6.95. The predicted molar refractivity (Wildman–Crippen MR) is 211 cm³/mol. The highest BCUT2D eigenvalue weighted by Crippen LogP contribution is 2.50. The minimum absolute atomic E-state index is 0.275. The first-order valence-corrected chi connectivity index (χ1v) is 17.4. The van der Waals surface area contributed by atoms with Crippen LogP contribution in [-0.2, 0) is 0 Å². The van der Waals surface area contributed by atoms with Crippen molar-refractivity contribution in [1.29, 1.82) is 0 Å². The van der Waals surface area contributed by atoms with Crippen molar-refractivity contribution in [1.82, 2.24) is 9.13 Å². The van der Waals surface area contributed by atoms with Crippen molar-refractivity contribution >= 4 is 77.1 Å². The number of aromatic nitrogens is 2. The zero-order valence-corrected chi connectivity index (χ0v) is 27.6. The molecule has 7 aromatic carbocycles. The summed E-state index contributed by atoms with van der Waals surface area (Å²) in [6.45, 7) is 0. The van der Waals surface area contributed by atoms with E-state index in [4.69, 9.17) is 14.4 Å². The minimum Gasteiger partial charge on any atom is -0.455 e. The summed E-state index contributed by atoms with van der Waals surface area (Å²) < 4.78 is 11.9. The molecule has 0 aliphatic carbocycles. The Hall–Kier alpha value is -6.72. The van der Waals surface area contributed by atoms with Gasteiger partial charge in [-0.3, -0.25) is 0 Å². The van der Waals surface area contributed by atoms with E-state index in [-0.39, 0.29) is 6.17 Å².